The van der Waals surface area contributed by atoms with Gasteiger partial charge in [-0.1, -0.05) is 6.92 Å². The summed E-state index contributed by atoms with van der Waals surface area (Å²) in [6.07, 6.45) is 3.34. The van der Waals surface area contributed by atoms with Gasteiger partial charge in [0.2, 0.25) is 5.95 Å². The van der Waals surface area contributed by atoms with E-state index in [-0.39, 0.29) is 17.0 Å². The van der Waals surface area contributed by atoms with Crippen molar-refractivity contribution >= 4 is 22.6 Å². The van der Waals surface area contributed by atoms with Gasteiger partial charge in [-0.2, -0.15) is 4.98 Å². The molecule has 1 aromatic heterocycles. The van der Waals surface area contributed by atoms with Crippen LogP contribution in [0.3, 0.4) is 0 Å². The largest absolute Gasteiger partial charge is 0.367 e. The number of nitrogen functional groups attached to an aromatic ring is 1. The Hall–Kier alpha value is -1.28. The van der Waals surface area contributed by atoms with Crippen LogP contribution in [-0.4, -0.2) is 32.2 Å². The molecule has 2 atom stereocenters. The first-order valence-corrected chi connectivity index (χ1v) is 6.72. The summed E-state index contributed by atoms with van der Waals surface area (Å²) in [5, 5.41) is 2.87. The second-order valence-corrected chi connectivity index (χ2v) is 5.36. The van der Waals surface area contributed by atoms with Crippen LogP contribution in [0.25, 0.3) is 0 Å². The predicted molar refractivity (Wildman–Crippen MR) is 66.4 cm³/mol. The van der Waals surface area contributed by atoms with Crippen LogP contribution in [0.4, 0.5) is 16.2 Å². The number of halogens is 1. The van der Waals surface area contributed by atoms with Crippen LogP contribution >= 0.6 is 0 Å². The molecule has 1 rings (SSSR count). The van der Waals surface area contributed by atoms with Crippen LogP contribution < -0.4 is 16.6 Å². The predicted octanol–water partition coefficient (Wildman–Crippen LogP) is 0.470. The zero-order valence-corrected chi connectivity index (χ0v) is 10.6. The van der Waals surface area contributed by atoms with Gasteiger partial charge in [0.05, 0.1) is 6.20 Å². The first-order valence-electron chi connectivity index (χ1n) is 5.10. The minimum absolute atomic E-state index is 0.0551. The van der Waals surface area contributed by atoms with E-state index in [1.54, 1.807) is 6.26 Å². The fraction of sp³-hybridized carbons (Fsp3) is 0.556. The topological polar surface area (TPSA) is 92.9 Å². The lowest BCUT2D eigenvalue weighted by molar-refractivity contribution is 0.616. The third-order valence-corrected chi connectivity index (χ3v) is 3.65. The van der Waals surface area contributed by atoms with Crippen LogP contribution in [0.5, 0.6) is 0 Å². The molecule has 2 unspecified atom stereocenters. The number of hydrazine groups is 1. The van der Waals surface area contributed by atoms with Crippen molar-refractivity contribution in [3.05, 3.63) is 12.0 Å². The molecule has 96 valence electrons. The molecule has 0 saturated heterocycles. The van der Waals surface area contributed by atoms with Crippen molar-refractivity contribution in [3.63, 3.8) is 0 Å². The smallest absolute Gasteiger partial charge is 0.239 e. The summed E-state index contributed by atoms with van der Waals surface area (Å²) in [5.74, 6) is 4.80. The highest BCUT2D eigenvalue weighted by molar-refractivity contribution is 7.84. The highest BCUT2D eigenvalue weighted by Crippen LogP contribution is 2.11. The summed E-state index contributed by atoms with van der Waals surface area (Å²) in [7, 11) is -0.878. The van der Waals surface area contributed by atoms with Crippen molar-refractivity contribution in [2.45, 2.75) is 18.6 Å². The summed E-state index contributed by atoms with van der Waals surface area (Å²) < 4.78 is 24.4. The van der Waals surface area contributed by atoms with Gasteiger partial charge in [0.15, 0.2) is 11.6 Å². The number of nitrogens with one attached hydrogen (secondary N) is 2. The molecule has 17 heavy (non-hydrogen) atoms. The van der Waals surface area contributed by atoms with Gasteiger partial charge in [-0.3, -0.25) is 9.63 Å². The zero-order chi connectivity index (χ0) is 12.8. The number of anilines is 2. The summed E-state index contributed by atoms with van der Waals surface area (Å²) in [5.41, 5.74) is 2.23. The third-order valence-electron chi connectivity index (χ3n) is 2.28. The SMILES string of the molecule is CC(CCNc1nc(NN)ncc1F)S(C)=O. The van der Waals surface area contributed by atoms with E-state index in [4.69, 9.17) is 5.84 Å². The molecule has 6 nitrogen and oxygen atoms in total. The van der Waals surface area contributed by atoms with Gasteiger partial charge in [0.25, 0.3) is 0 Å². The fourth-order valence-electron chi connectivity index (χ4n) is 1.12. The van der Waals surface area contributed by atoms with E-state index in [9.17, 15) is 8.60 Å². The van der Waals surface area contributed by atoms with Crippen LogP contribution in [0, 0.1) is 5.82 Å². The molecule has 0 saturated carbocycles. The van der Waals surface area contributed by atoms with Crippen LogP contribution in [0.1, 0.15) is 13.3 Å². The van der Waals surface area contributed by atoms with E-state index in [1.807, 2.05) is 6.92 Å². The number of nitrogens with zero attached hydrogens (tertiary/aromatic N) is 2. The Bertz CT molecular complexity index is 403. The van der Waals surface area contributed by atoms with E-state index in [0.29, 0.717) is 13.0 Å². The average Bonchev–Trinajstić information content (AvgIpc) is 2.31. The molecule has 0 spiro atoms. The molecule has 0 bridgehead atoms. The maximum Gasteiger partial charge on any atom is 0.239 e. The third kappa shape index (κ3) is 4.23. The standard InChI is InChI=1S/C9H16FN5OS/c1-6(17(2)16)3-4-12-8-7(10)5-13-9(14-8)15-11/h5-6H,3-4,11H2,1-2H3,(H2,12,13,14,15). The Balaban J connectivity index is 2.54. The molecule has 0 fully saturated rings. The Morgan fingerprint density at radius 1 is 1.65 bits per heavy atom. The van der Waals surface area contributed by atoms with Crippen molar-refractivity contribution < 1.29 is 8.60 Å². The van der Waals surface area contributed by atoms with E-state index in [2.05, 4.69) is 20.7 Å². The van der Waals surface area contributed by atoms with E-state index in [1.165, 1.54) is 0 Å². The lowest BCUT2D eigenvalue weighted by Gasteiger charge is -2.10. The van der Waals surface area contributed by atoms with Gasteiger partial charge < -0.3 is 5.32 Å². The number of aromatic nitrogens is 2. The average molecular weight is 261 g/mol. The highest BCUT2D eigenvalue weighted by atomic mass is 32.2. The van der Waals surface area contributed by atoms with Crippen molar-refractivity contribution in [1.82, 2.24) is 9.97 Å². The van der Waals surface area contributed by atoms with Crippen molar-refractivity contribution in [2.24, 2.45) is 5.84 Å². The van der Waals surface area contributed by atoms with Gasteiger partial charge in [0, 0.05) is 28.9 Å². The minimum Gasteiger partial charge on any atom is -0.367 e. The summed E-state index contributed by atoms with van der Waals surface area (Å²) in [6, 6.07) is 0. The second kappa shape index (κ2) is 6.45. The number of nitrogens with two attached hydrogens (primary N) is 1. The summed E-state index contributed by atoms with van der Waals surface area (Å²) >= 11 is 0. The minimum atomic E-state index is -0.878. The quantitative estimate of drug-likeness (QED) is 0.509. The van der Waals surface area contributed by atoms with E-state index in [0.717, 1.165) is 6.20 Å². The van der Waals surface area contributed by atoms with Crippen molar-refractivity contribution in [2.75, 3.05) is 23.5 Å². The molecule has 1 aromatic rings. The zero-order valence-electron chi connectivity index (χ0n) is 9.74. The molecule has 0 amide bonds. The first-order chi connectivity index (χ1) is 8.04. The molecule has 0 aliphatic heterocycles. The molecule has 8 heteroatoms. The maximum atomic E-state index is 13.3. The van der Waals surface area contributed by atoms with Gasteiger partial charge in [-0.15, -0.1) is 0 Å². The van der Waals surface area contributed by atoms with E-state index >= 15 is 0 Å². The van der Waals surface area contributed by atoms with Gasteiger partial charge in [-0.05, 0) is 6.42 Å². The van der Waals surface area contributed by atoms with E-state index < -0.39 is 16.6 Å². The number of rotatable bonds is 6. The summed E-state index contributed by atoms with van der Waals surface area (Å²) in [4.78, 5) is 7.44. The number of hydrogen-bond donors (Lipinski definition) is 3. The van der Waals surface area contributed by atoms with Crippen LogP contribution in [-0.2, 0) is 10.8 Å². The monoisotopic (exact) mass is 261 g/mol. The number of hydrogen-bond acceptors (Lipinski definition) is 6. The second-order valence-electron chi connectivity index (χ2n) is 3.56. The fourth-order valence-corrected chi connectivity index (χ4v) is 1.57. The molecule has 4 N–H and O–H groups in total. The lowest BCUT2D eigenvalue weighted by atomic mass is 10.3. The molecule has 0 aliphatic rings. The maximum absolute atomic E-state index is 13.3. The summed E-state index contributed by atoms with van der Waals surface area (Å²) in [6.45, 7) is 2.36. The molecular weight excluding hydrogens is 245 g/mol. The van der Waals surface area contributed by atoms with Crippen LogP contribution in [0.15, 0.2) is 6.20 Å². The Labute approximate surface area is 102 Å². The first kappa shape index (κ1) is 13.8. The Kier molecular flexibility index (Phi) is 5.23. The molecule has 0 radical (unpaired) electrons. The van der Waals surface area contributed by atoms with Crippen LogP contribution in [0.2, 0.25) is 0 Å². The molecular formula is C9H16FN5OS. The van der Waals surface area contributed by atoms with Crippen molar-refractivity contribution in [1.29, 1.82) is 0 Å². The Morgan fingerprint density at radius 3 is 2.94 bits per heavy atom. The molecule has 0 aliphatic carbocycles. The normalized spacial score (nSPS) is 14.1. The Morgan fingerprint density at radius 2 is 2.35 bits per heavy atom. The van der Waals surface area contributed by atoms with Gasteiger partial charge in [-0.25, -0.2) is 15.2 Å². The van der Waals surface area contributed by atoms with Gasteiger partial charge in [0.1, 0.15) is 0 Å². The highest BCUT2D eigenvalue weighted by Gasteiger charge is 2.08. The lowest BCUT2D eigenvalue weighted by Crippen LogP contribution is -2.17. The molecule has 0 aromatic carbocycles. The van der Waals surface area contributed by atoms with Crippen molar-refractivity contribution in [3.8, 4) is 0 Å². The van der Waals surface area contributed by atoms with Gasteiger partial charge >= 0.3 is 0 Å². The molecule has 1 heterocycles.